The smallest absolute Gasteiger partial charge is 0.256 e. The summed E-state index contributed by atoms with van der Waals surface area (Å²) in [5.74, 6) is -0.00222. The molecule has 0 unspecified atom stereocenters. The van der Waals surface area contributed by atoms with Gasteiger partial charge in [0.1, 0.15) is 5.69 Å². The van der Waals surface area contributed by atoms with Gasteiger partial charge in [0.25, 0.3) is 5.91 Å². The number of imidazole rings is 1. The van der Waals surface area contributed by atoms with Crippen molar-refractivity contribution in [3.05, 3.63) is 36.4 Å². The Bertz CT molecular complexity index is 617. The van der Waals surface area contributed by atoms with Gasteiger partial charge in [0.15, 0.2) is 0 Å². The van der Waals surface area contributed by atoms with Crippen LogP contribution in [0.15, 0.2) is 30.9 Å². The molecule has 0 bridgehead atoms. The van der Waals surface area contributed by atoms with Crippen LogP contribution in [-0.2, 0) is 11.8 Å². The lowest BCUT2D eigenvalue weighted by molar-refractivity contribution is 0.0303. The number of rotatable bonds is 2. The molecule has 0 saturated carbocycles. The number of aryl methyl sites for hydroxylation is 1. The fraction of sp³-hybridized carbons (Fsp3) is 0.357. The van der Waals surface area contributed by atoms with Crippen LogP contribution in [0.4, 0.5) is 0 Å². The van der Waals surface area contributed by atoms with E-state index < -0.39 is 0 Å². The predicted molar refractivity (Wildman–Crippen MR) is 73.2 cm³/mol. The fourth-order valence-corrected chi connectivity index (χ4v) is 2.30. The number of nitrogens with zero attached hydrogens (tertiary/aromatic N) is 4. The second-order valence-corrected chi connectivity index (χ2v) is 4.69. The van der Waals surface area contributed by atoms with Gasteiger partial charge in [-0.05, 0) is 12.1 Å². The van der Waals surface area contributed by atoms with Crippen molar-refractivity contribution in [1.82, 2.24) is 19.4 Å². The molecule has 2 aromatic rings. The van der Waals surface area contributed by atoms with Crippen LogP contribution in [0.1, 0.15) is 10.4 Å². The van der Waals surface area contributed by atoms with Crippen molar-refractivity contribution in [1.29, 1.82) is 0 Å². The van der Waals surface area contributed by atoms with E-state index in [-0.39, 0.29) is 5.91 Å². The number of carbonyl (C=O) groups excluding carboxylic acids is 1. The molecule has 1 aliphatic heterocycles. The minimum absolute atomic E-state index is 0.00222. The second kappa shape index (κ2) is 5.42. The molecule has 6 heteroatoms. The third kappa shape index (κ3) is 2.30. The van der Waals surface area contributed by atoms with Crippen LogP contribution in [0.2, 0.25) is 0 Å². The molecule has 20 heavy (non-hydrogen) atoms. The van der Waals surface area contributed by atoms with Gasteiger partial charge in [0.2, 0.25) is 0 Å². The largest absolute Gasteiger partial charge is 0.378 e. The van der Waals surface area contributed by atoms with Crippen LogP contribution in [0.3, 0.4) is 0 Å². The Kier molecular flexibility index (Phi) is 3.47. The molecule has 0 radical (unpaired) electrons. The summed E-state index contributed by atoms with van der Waals surface area (Å²) < 4.78 is 7.14. The fourth-order valence-electron chi connectivity index (χ4n) is 2.30. The predicted octanol–water partition coefficient (Wildman–Crippen LogP) is 0.954. The molecule has 104 valence electrons. The summed E-state index contributed by atoms with van der Waals surface area (Å²) in [6.45, 7) is 2.43. The maximum atomic E-state index is 12.6. The molecule has 0 aromatic carbocycles. The first-order chi connectivity index (χ1) is 9.77. The Balaban J connectivity index is 1.97. The summed E-state index contributed by atoms with van der Waals surface area (Å²) in [4.78, 5) is 22.9. The summed E-state index contributed by atoms with van der Waals surface area (Å²) in [6.07, 6.45) is 5.11. The Morgan fingerprint density at radius 3 is 2.85 bits per heavy atom. The number of pyridine rings is 1. The van der Waals surface area contributed by atoms with Gasteiger partial charge in [0, 0.05) is 26.3 Å². The highest BCUT2D eigenvalue weighted by molar-refractivity contribution is 5.99. The van der Waals surface area contributed by atoms with Crippen LogP contribution in [0.25, 0.3) is 11.4 Å². The van der Waals surface area contributed by atoms with Crippen molar-refractivity contribution in [2.24, 2.45) is 7.05 Å². The first-order valence-corrected chi connectivity index (χ1v) is 6.56. The van der Waals surface area contributed by atoms with Crippen molar-refractivity contribution in [2.45, 2.75) is 0 Å². The van der Waals surface area contributed by atoms with E-state index in [0.717, 1.165) is 5.69 Å². The lowest BCUT2D eigenvalue weighted by Gasteiger charge is -2.27. The first kappa shape index (κ1) is 12.8. The van der Waals surface area contributed by atoms with Gasteiger partial charge in [-0.15, -0.1) is 0 Å². The summed E-state index contributed by atoms with van der Waals surface area (Å²) in [7, 11) is 1.89. The average Bonchev–Trinajstić information content (AvgIpc) is 2.93. The molecule has 0 N–H and O–H groups in total. The van der Waals surface area contributed by atoms with Crippen LogP contribution in [0, 0.1) is 0 Å². The zero-order chi connectivity index (χ0) is 13.9. The van der Waals surface area contributed by atoms with E-state index in [1.54, 1.807) is 29.7 Å². The maximum absolute atomic E-state index is 12.6. The Morgan fingerprint density at radius 2 is 2.15 bits per heavy atom. The third-order valence-corrected chi connectivity index (χ3v) is 3.40. The van der Waals surface area contributed by atoms with Gasteiger partial charge in [-0.1, -0.05) is 0 Å². The molecule has 1 fully saturated rings. The summed E-state index contributed by atoms with van der Waals surface area (Å²) in [6, 6.07) is 3.60. The van der Waals surface area contributed by atoms with Crippen molar-refractivity contribution in [2.75, 3.05) is 26.3 Å². The first-order valence-electron chi connectivity index (χ1n) is 6.56. The van der Waals surface area contributed by atoms with Gasteiger partial charge in [-0.3, -0.25) is 9.78 Å². The highest BCUT2D eigenvalue weighted by atomic mass is 16.5. The van der Waals surface area contributed by atoms with Crippen LogP contribution < -0.4 is 0 Å². The van der Waals surface area contributed by atoms with Crippen molar-refractivity contribution < 1.29 is 9.53 Å². The van der Waals surface area contributed by atoms with Gasteiger partial charge in [-0.2, -0.15) is 0 Å². The number of aromatic nitrogens is 3. The van der Waals surface area contributed by atoms with Gasteiger partial charge in [-0.25, -0.2) is 4.98 Å². The van der Waals surface area contributed by atoms with E-state index in [4.69, 9.17) is 4.74 Å². The SMILES string of the molecule is Cn1cncc1-c1ncccc1C(=O)N1CCOCC1. The molecule has 6 nitrogen and oxygen atoms in total. The van der Waals surface area contributed by atoms with Gasteiger partial charge < -0.3 is 14.2 Å². The molecule has 0 spiro atoms. The number of ether oxygens (including phenoxy) is 1. The minimum atomic E-state index is -0.00222. The molecule has 1 saturated heterocycles. The quantitative estimate of drug-likeness (QED) is 0.817. The molecule has 1 amide bonds. The molecule has 1 aliphatic rings. The third-order valence-electron chi connectivity index (χ3n) is 3.40. The molecular weight excluding hydrogens is 256 g/mol. The topological polar surface area (TPSA) is 60.2 Å². The monoisotopic (exact) mass is 272 g/mol. The van der Waals surface area contributed by atoms with E-state index in [1.165, 1.54) is 0 Å². The lowest BCUT2D eigenvalue weighted by atomic mass is 10.1. The summed E-state index contributed by atoms with van der Waals surface area (Å²) in [5.41, 5.74) is 2.12. The lowest BCUT2D eigenvalue weighted by Crippen LogP contribution is -2.41. The number of hydrogen-bond donors (Lipinski definition) is 0. The Labute approximate surface area is 117 Å². The van der Waals surface area contributed by atoms with E-state index in [1.807, 2.05) is 17.7 Å². The Hall–Kier alpha value is -2.21. The minimum Gasteiger partial charge on any atom is -0.378 e. The molecule has 2 aromatic heterocycles. The zero-order valence-corrected chi connectivity index (χ0v) is 11.3. The number of hydrogen-bond acceptors (Lipinski definition) is 4. The summed E-state index contributed by atoms with van der Waals surface area (Å²) in [5, 5.41) is 0. The normalized spacial score (nSPS) is 15.3. The van der Waals surface area contributed by atoms with E-state index in [2.05, 4.69) is 9.97 Å². The van der Waals surface area contributed by atoms with E-state index >= 15 is 0 Å². The molecule has 0 atom stereocenters. The summed E-state index contributed by atoms with van der Waals surface area (Å²) >= 11 is 0. The number of carbonyl (C=O) groups is 1. The van der Waals surface area contributed by atoms with Crippen molar-refractivity contribution in [3.8, 4) is 11.4 Å². The van der Waals surface area contributed by atoms with Crippen LogP contribution in [-0.4, -0.2) is 51.6 Å². The Morgan fingerprint density at radius 1 is 1.35 bits per heavy atom. The molecule has 0 aliphatic carbocycles. The number of morpholine rings is 1. The molecular formula is C14H16N4O2. The number of amides is 1. The van der Waals surface area contributed by atoms with E-state index in [9.17, 15) is 4.79 Å². The highest BCUT2D eigenvalue weighted by Gasteiger charge is 2.22. The van der Waals surface area contributed by atoms with Crippen LogP contribution in [0.5, 0.6) is 0 Å². The highest BCUT2D eigenvalue weighted by Crippen LogP contribution is 2.21. The zero-order valence-electron chi connectivity index (χ0n) is 11.3. The second-order valence-electron chi connectivity index (χ2n) is 4.69. The van der Waals surface area contributed by atoms with Crippen LogP contribution >= 0.6 is 0 Å². The van der Waals surface area contributed by atoms with Crippen molar-refractivity contribution >= 4 is 5.91 Å². The molecule has 3 heterocycles. The maximum Gasteiger partial charge on any atom is 0.256 e. The van der Waals surface area contributed by atoms with Gasteiger partial charge >= 0.3 is 0 Å². The average molecular weight is 272 g/mol. The standard InChI is InChI=1S/C14H16N4O2/c1-17-10-15-9-12(17)13-11(3-2-4-16-13)14(19)18-5-7-20-8-6-18/h2-4,9-10H,5-8H2,1H3. The van der Waals surface area contributed by atoms with Crippen molar-refractivity contribution in [3.63, 3.8) is 0 Å². The molecule has 3 rings (SSSR count). The van der Waals surface area contributed by atoms with Gasteiger partial charge in [0.05, 0.1) is 37.0 Å². The van der Waals surface area contributed by atoms with E-state index in [0.29, 0.717) is 37.6 Å².